The lowest BCUT2D eigenvalue weighted by molar-refractivity contribution is 0.675. The van der Waals surface area contributed by atoms with Crippen molar-refractivity contribution in [1.82, 2.24) is 0 Å². The van der Waals surface area contributed by atoms with Gasteiger partial charge in [-0.15, -0.1) is 11.3 Å². The first-order chi connectivity index (χ1) is 5.20. The fourth-order valence-corrected chi connectivity index (χ4v) is 1.78. The summed E-state index contributed by atoms with van der Waals surface area (Å²) >= 11 is 1.77. The fraction of sp³-hybridized carbons (Fsp3) is 0.400. The molecule has 0 saturated carbocycles. The van der Waals surface area contributed by atoms with Crippen LogP contribution in [0, 0.1) is 5.92 Å². The number of hydrogen-bond donors (Lipinski definition) is 0. The number of allylic oxidation sites excluding steroid dienone is 1. The highest BCUT2D eigenvalue weighted by Crippen LogP contribution is 2.24. The molecular weight excluding hydrogens is 152 g/mol. The predicted molar refractivity (Wildman–Crippen MR) is 52.8 cm³/mol. The second kappa shape index (κ2) is 3.72. The second-order valence-corrected chi connectivity index (χ2v) is 4.13. The molecule has 0 amide bonds. The van der Waals surface area contributed by atoms with Gasteiger partial charge in [-0.25, -0.2) is 0 Å². The molecular formula is C10H14S. The average Bonchev–Trinajstić information content (AvgIpc) is 2.35. The Morgan fingerprint density at radius 2 is 2.36 bits per heavy atom. The average molecular weight is 166 g/mol. The van der Waals surface area contributed by atoms with Crippen molar-refractivity contribution in [3.05, 3.63) is 29.0 Å². The zero-order chi connectivity index (χ0) is 8.27. The third-order valence-electron chi connectivity index (χ3n) is 1.52. The van der Waals surface area contributed by atoms with Crippen LogP contribution in [0.4, 0.5) is 0 Å². The molecule has 0 aromatic carbocycles. The van der Waals surface area contributed by atoms with Gasteiger partial charge in [0.25, 0.3) is 0 Å². The van der Waals surface area contributed by atoms with Crippen LogP contribution in [0.15, 0.2) is 24.1 Å². The van der Waals surface area contributed by atoms with Gasteiger partial charge in [0.15, 0.2) is 0 Å². The van der Waals surface area contributed by atoms with Crippen LogP contribution in [-0.2, 0) is 0 Å². The summed E-state index contributed by atoms with van der Waals surface area (Å²) < 4.78 is 0. The molecule has 1 rings (SSSR count). The van der Waals surface area contributed by atoms with E-state index in [4.69, 9.17) is 0 Å². The molecule has 0 fully saturated rings. The highest BCUT2D eigenvalue weighted by molar-refractivity contribution is 7.11. The van der Waals surface area contributed by atoms with Crippen molar-refractivity contribution in [2.45, 2.75) is 20.3 Å². The van der Waals surface area contributed by atoms with Gasteiger partial charge < -0.3 is 0 Å². The Kier molecular flexibility index (Phi) is 2.89. The van der Waals surface area contributed by atoms with E-state index >= 15 is 0 Å². The van der Waals surface area contributed by atoms with Gasteiger partial charge in [-0.05, 0) is 29.4 Å². The summed E-state index contributed by atoms with van der Waals surface area (Å²) in [4.78, 5) is 1.33. The van der Waals surface area contributed by atoms with Gasteiger partial charge in [-0.3, -0.25) is 0 Å². The van der Waals surface area contributed by atoms with Crippen LogP contribution in [0.1, 0.15) is 25.1 Å². The summed E-state index contributed by atoms with van der Waals surface area (Å²) in [6.07, 6.45) is 1.11. The van der Waals surface area contributed by atoms with Gasteiger partial charge >= 0.3 is 0 Å². The summed E-state index contributed by atoms with van der Waals surface area (Å²) in [7, 11) is 0. The van der Waals surface area contributed by atoms with E-state index in [0.29, 0.717) is 5.92 Å². The monoisotopic (exact) mass is 166 g/mol. The van der Waals surface area contributed by atoms with Crippen molar-refractivity contribution >= 4 is 16.9 Å². The second-order valence-electron chi connectivity index (χ2n) is 3.18. The Balaban J connectivity index is 2.57. The zero-order valence-corrected chi connectivity index (χ0v) is 7.95. The molecule has 0 unspecified atom stereocenters. The van der Waals surface area contributed by atoms with Crippen LogP contribution in [0.25, 0.3) is 5.57 Å². The van der Waals surface area contributed by atoms with Crippen LogP contribution in [0.2, 0.25) is 0 Å². The van der Waals surface area contributed by atoms with Gasteiger partial charge in [-0.2, -0.15) is 0 Å². The third kappa shape index (κ3) is 2.51. The Bertz CT molecular complexity index is 219. The van der Waals surface area contributed by atoms with Crippen molar-refractivity contribution in [3.8, 4) is 0 Å². The fourth-order valence-electron chi connectivity index (χ4n) is 1.07. The molecule has 0 aliphatic carbocycles. The number of rotatable bonds is 3. The largest absolute Gasteiger partial charge is 0.144 e. The molecule has 0 spiro atoms. The van der Waals surface area contributed by atoms with Crippen molar-refractivity contribution in [2.24, 2.45) is 5.92 Å². The molecule has 0 nitrogen and oxygen atoms in total. The maximum absolute atomic E-state index is 4.05. The van der Waals surface area contributed by atoms with Crippen LogP contribution in [0.3, 0.4) is 0 Å². The van der Waals surface area contributed by atoms with E-state index in [-0.39, 0.29) is 0 Å². The third-order valence-corrected chi connectivity index (χ3v) is 2.50. The Hall–Kier alpha value is -0.560. The van der Waals surface area contributed by atoms with Crippen molar-refractivity contribution in [2.75, 3.05) is 0 Å². The first kappa shape index (κ1) is 8.54. The van der Waals surface area contributed by atoms with E-state index in [1.54, 1.807) is 11.3 Å². The first-order valence-corrected chi connectivity index (χ1v) is 4.79. The molecule has 0 atom stereocenters. The van der Waals surface area contributed by atoms with E-state index in [1.165, 1.54) is 10.5 Å². The quantitative estimate of drug-likeness (QED) is 0.640. The van der Waals surface area contributed by atoms with Gasteiger partial charge in [0.05, 0.1) is 0 Å². The van der Waals surface area contributed by atoms with Crippen LogP contribution < -0.4 is 0 Å². The Morgan fingerprint density at radius 3 is 2.82 bits per heavy atom. The minimum absolute atomic E-state index is 0.713. The molecule has 1 heterocycles. The maximum Gasteiger partial charge on any atom is 0.0296 e. The van der Waals surface area contributed by atoms with Crippen molar-refractivity contribution < 1.29 is 0 Å². The molecule has 0 saturated heterocycles. The molecule has 0 radical (unpaired) electrons. The SMILES string of the molecule is C=C(CC(C)C)c1cccs1. The molecule has 0 aliphatic rings. The topological polar surface area (TPSA) is 0 Å². The lowest BCUT2D eigenvalue weighted by Gasteiger charge is -2.05. The van der Waals surface area contributed by atoms with Crippen LogP contribution in [-0.4, -0.2) is 0 Å². The number of thiophene rings is 1. The minimum atomic E-state index is 0.713. The lowest BCUT2D eigenvalue weighted by Crippen LogP contribution is -1.87. The molecule has 0 aliphatic heterocycles. The molecule has 1 heteroatoms. The molecule has 0 N–H and O–H groups in total. The van der Waals surface area contributed by atoms with E-state index in [0.717, 1.165) is 6.42 Å². The van der Waals surface area contributed by atoms with E-state index in [2.05, 4.69) is 37.9 Å². The highest BCUT2D eigenvalue weighted by atomic mass is 32.1. The molecule has 11 heavy (non-hydrogen) atoms. The first-order valence-electron chi connectivity index (χ1n) is 3.92. The predicted octanol–water partition coefficient (Wildman–Crippen LogP) is 3.81. The van der Waals surface area contributed by atoms with Gasteiger partial charge in [0, 0.05) is 4.88 Å². The molecule has 1 aromatic rings. The van der Waals surface area contributed by atoms with Gasteiger partial charge in [0.2, 0.25) is 0 Å². The lowest BCUT2D eigenvalue weighted by atomic mass is 10.0. The van der Waals surface area contributed by atoms with E-state index < -0.39 is 0 Å². The van der Waals surface area contributed by atoms with Gasteiger partial charge in [-0.1, -0.05) is 26.5 Å². The summed E-state index contributed by atoms with van der Waals surface area (Å²) in [6.45, 7) is 8.49. The van der Waals surface area contributed by atoms with Crippen molar-refractivity contribution in [1.29, 1.82) is 0 Å². The summed E-state index contributed by atoms with van der Waals surface area (Å²) in [5.41, 5.74) is 1.27. The smallest absolute Gasteiger partial charge is 0.0296 e. The molecule has 1 aromatic heterocycles. The Labute approximate surface area is 72.6 Å². The van der Waals surface area contributed by atoms with E-state index in [9.17, 15) is 0 Å². The minimum Gasteiger partial charge on any atom is -0.144 e. The maximum atomic E-state index is 4.05. The van der Waals surface area contributed by atoms with Crippen molar-refractivity contribution in [3.63, 3.8) is 0 Å². The highest BCUT2D eigenvalue weighted by Gasteiger charge is 2.01. The standard InChI is InChI=1S/C10H14S/c1-8(2)7-9(3)10-5-4-6-11-10/h4-6,8H,3,7H2,1-2H3. The van der Waals surface area contributed by atoms with Gasteiger partial charge in [0.1, 0.15) is 0 Å². The van der Waals surface area contributed by atoms with E-state index in [1.807, 2.05) is 0 Å². The number of hydrogen-bond acceptors (Lipinski definition) is 1. The zero-order valence-electron chi connectivity index (χ0n) is 7.13. The molecule has 60 valence electrons. The van der Waals surface area contributed by atoms with Crippen LogP contribution in [0.5, 0.6) is 0 Å². The summed E-state index contributed by atoms with van der Waals surface area (Å²) in [6, 6.07) is 4.21. The summed E-state index contributed by atoms with van der Waals surface area (Å²) in [5, 5.41) is 2.10. The summed E-state index contributed by atoms with van der Waals surface area (Å²) in [5.74, 6) is 0.713. The Morgan fingerprint density at radius 1 is 1.64 bits per heavy atom. The molecule has 0 bridgehead atoms. The van der Waals surface area contributed by atoms with Crippen LogP contribution >= 0.6 is 11.3 Å². The normalized spacial score (nSPS) is 10.5.